The maximum absolute atomic E-state index is 14.1. The normalized spacial score (nSPS) is 11.0. The number of aryl methyl sites for hydroxylation is 3. The van der Waals surface area contributed by atoms with Gasteiger partial charge in [-0.15, -0.1) is 0 Å². The largest absolute Gasteiger partial charge is 0.350 e. The van der Waals surface area contributed by atoms with Gasteiger partial charge in [0.2, 0.25) is 0 Å². The minimum Gasteiger partial charge on any atom is -0.350 e. The maximum Gasteiger partial charge on any atom is 0.291 e. The van der Waals surface area contributed by atoms with Crippen molar-refractivity contribution in [3.8, 4) is 33.8 Å². The molecule has 476 valence electrons. The highest BCUT2D eigenvalue weighted by molar-refractivity contribution is 6.03. The lowest BCUT2D eigenvalue weighted by Crippen LogP contribution is -2.29. The predicted molar refractivity (Wildman–Crippen MR) is 364 cm³/mol. The predicted octanol–water partition coefficient (Wildman–Crippen LogP) is 17.0. The number of anilines is 8. The fourth-order valence-electron chi connectivity index (χ4n) is 11.0. The molecule has 6 aromatic heterocycles. The summed E-state index contributed by atoms with van der Waals surface area (Å²) in [6.45, 7) is 6.50. The number of nitrogens with zero attached hydrogens (tertiary/aromatic N) is 11. The molecule has 21 heteroatoms. The molecule has 0 atom stereocenters. The molecule has 6 heterocycles. The van der Waals surface area contributed by atoms with E-state index in [1.807, 2.05) is 176 Å². The van der Waals surface area contributed by atoms with E-state index >= 15 is 0 Å². The molecule has 0 amide bonds. The van der Waals surface area contributed by atoms with Gasteiger partial charge in [0.15, 0.2) is 34.9 Å². The molecule has 0 spiro atoms. The molecular formula is C75H56F6N12O3. The summed E-state index contributed by atoms with van der Waals surface area (Å²) in [4.78, 5) is 56.1. The molecule has 0 aliphatic carbocycles. The second kappa shape index (κ2) is 28.2. The Morgan fingerprint density at radius 3 is 1.10 bits per heavy atom. The summed E-state index contributed by atoms with van der Waals surface area (Å²) in [6.07, 6.45) is 5.32. The summed E-state index contributed by atoms with van der Waals surface area (Å²) in [7, 11) is 0. The minimum atomic E-state index is -1.77. The molecule has 1 N–H and O–H groups in total. The van der Waals surface area contributed by atoms with Gasteiger partial charge in [0.25, 0.3) is 16.7 Å². The van der Waals surface area contributed by atoms with Crippen LogP contribution in [0.15, 0.2) is 257 Å². The second-order valence-electron chi connectivity index (χ2n) is 21.5. The number of aromatic nitrogens is 9. The van der Waals surface area contributed by atoms with Gasteiger partial charge in [-0.05, 0) is 112 Å². The van der Waals surface area contributed by atoms with Gasteiger partial charge >= 0.3 is 0 Å². The Kier molecular flexibility index (Phi) is 18.7. The smallest absolute Gasteiger partial charge is 0.291 e. The third kappa shape index (κ3) is 13.2. The molecule has 0 bridgehead atoms. The summed E-state index contributed by atoms with van der Waals surface area (Å²) in [6, 6.07) is 65.0. The van der Waals surface area contributed by atoms with Gasteiger partial charge in [0, 0.05) is 101 Å². The molecule has 0 aliphatic heterocycles. The van der Waals surface area contributed by atoms with Crippen LogP contribution in [0.25, 0.3) is 66.5 Å². The number of rotatable bonds is 14. The van der Waals surface area contributed by atoms with Crippen LogP contribution in [-0.2, 0) is 19.6 Å². The Bertz CT molecular complexity index is 5180. The van der Waals surface area contributed by atoms with Gasteiger partial charge in [-0.1, -0.05) is 109 Å². The Hall–Kier alpha value is -12.4. The first-order valence-corrected chi connectivity index (χ1v) is 30.4. The van der Waals surface area contributed by atoms with Crippen LogP contribution in [0.4, 0.5) is 71.8 Å². The molecule has 14 rings (SSSR count). The summed E-state index contributed by atoms with van der Waals surface area (Å²) >= 11 is 0. The van der Waals surface area contributed by atoms with Crippen LogP contribution in [0.3, 0.4) is 0 Å². The lowest BCUT2D eigenvalue weighted by atomic mass is 10.1. The van der Waals surface area contributed by atoms with Crippen LogP contribution in [0.1, 0.15) is 20.8 Å². The van der Waals surface area contributed by atoms with Gasteiger partial charge in [0.1, 0.15) is 17.1 Å². The fraction of sp³-hybridized carbons (Fsp3) is 0.0800. The maximum atomic E-state index is 14.1. The van der Waals surface area contributed by atoms with E-state index in [0.29, 0.717) is 54.3 Å². The summed E-state index contributed by atoms with van der Waals surface area (Å²) < 4.78 is 87.7. The molecule has 0 fully saturated rings. The van der Waals surface area contributed by atoms with Gasteiger partial charge in [-0.3, -0.25) is 29.3 Å². The van der Waals surface area contributed by atoms with E-state index in [-0.39, 0.29) is 29.0 Å². The highest BCUT2D eigenvalue weighted by Gasteiger charge is 2.27. The average Bonchev–Trinajstić information content (AvgIpc) is 0.757. The average molecular weight is 1290 g/mol. The lowest BCUT2D eigenvalue weighted by molar-refractivity contribution is 0.446. The van der Waals surface area contributed by atoms with Crippen LogP contribution >= 0.6 is 0 Å². The number of benzene rings is 8. The second-order valence-corrected chi connectivity index (χ2v) is 21.5. The van der Waals surface area contributed by atoms with Crippen molar-refractivity contribution in [3.05, 3.63) is 309 Å². The van der Waals surface area contributed by atoms with Crippen molar-refractivity contribution < 1.29 is 26.3 Å². The summed E-state index contributed by atoms with van der Waals surface area (Å²) in [5, 5.41) is 19.5. The number of fused-ring (bicyclic) bond motifs is 3. The van der Waals surface area contributed by atoms with E-state index in [4.69, 9.17) is 0 Å². The van der Waals surface area contributed by atoms with Crippen molar-refractivity contribution in [1.29, 1.82) is 0 Å². The van der Waals surface area contributed by atoms with E-state index in [1.165, 1.54) is 15.4 Å². The Morgan fingerprint density at radius 2 is 0.698 bits per heavy atom. The monoisotopic (exact) mass is 1290 g/mol. The molecule has 8 aromatic carbocycles. The molecule has 0 unspecified atom stereocenters. The number of halogens is 6. The molecule has 0 saturated carbocycles. The van der Waals surface area contributed by atoms with Crippen LogP contribution in [0.5, 0.6) is 0 Å². The number of hydrogen-bond acceptors (Lipinski definition) is 12. The zero-order chi connectivity index (χ0) is 67.0. The van der Waals surface area contributed by atoms with Crippen molar-refractivity contribution >= 4 is 78.2 Å². The number of hydrogen-bond donors (Lipinski definition) is 1. The number of pyridine rings is 3. The molecule has 0 aliphatic rings. The van der Waals surface area contributed by atoms with Crippen molar-refractivity contribution in [2.45, 2.75) is 40.4 Å². The Morgan fingerprint density at radius 1 is 0.344 bits per heavy atom. The molecule has 0 saturated heterocycles. The van der Waals surface area contributed by atoms with E-state index < -0.39 is 51.8 Å². The van der Waals surface area contributed by atoms with Crippen LogP contribution in [0, 0.1) is 34.9 Å². The quantitative estimate of drug-likeness (QED) is 0.0811. The molecule has 96 heavy (non-hydrogen) atoms. The van der Waals surface area contributed by atoms with Crippen molar-refractivity contribution in [2.24, 2.45) is 0 Å². The van der Waals surface area contributed by atoms with E-state index in [9.17, 15) is 40.7 Å². The highest BCUT2D eigenvalue weighted by atomic mass is 19.2. The first-order chi connectivity index (χ1) is 46.7. The van der Waals surface area contributed by atoms with Crippen molar-refractivity contribution in [3.63, 3.8) is 0 Å². The molecule has 14 aromatic rings. The van der Waals surface area contributed by atoms with Gasteiger partial charge < -0.3 is 15.1 Å². The summed E-state index contributed by atoms with van der Waals surface area (Å²) in [5.74, 6) is -9.95. The lowest BCUT2D eigenvalue weighted by Gasteiger charge is -2.27. The standard InChI is InChI=1S/C30H23N5O.C24H15F6N3O.C21H18N4O/c1-2-34-30(36)29(20-26(33-34)21-10-4-3-5-11-21)35(27-16-6-14-24-22(27)12-8-18-31-24)28-17-7-15-25-23(28)13-9-19-32-25;1-2-32-24(34)21(12-20(31-32)13-6-4-3-5-7-13)33(14-8-16(25)22(29)17(26)9-14)15-10-18(27)23(30)19(28)11-15;1-2-25-21(26)20(14-19(24-25)15-8-4-3-5-9-15)23-18-12-6-11-17-16(18)10-7-13-22-17/h3-20H,2H2,1H3;3-12H,2H2,1H3;3-14,23H,2H2,1H3. The summed E-state index contributed by atoms with van der Waals surface area (Å²) in [5.41, 5.74) is 8.06. The topological polar surface area (TPSA) is 162 Å². The van der Waals surface area contributed by atoms with E-state index in [2.05, 4.69) is 35.6 Å². The third-order valence-electron chi connectivity index (χ3n) is 15.6. The molecule has 0 radical (unpaired) electrons. The fourth-order valence-corrected chi connectivity index (χ4v) is 11.0. The third-order valence-corrected chi connectivity index (χ3v) is 15.6. The highest BCUT2D eigenvalue weighted by Crippen LogP contribution is 2.42. The van der Waals surface area contributed by atoms with Gasteiger partial charge in [0.05, 0.1) is 56.4 Å². The number of nitrogens with one attached hydrogen (secondary N) is 1. The zero-order valence-corrected chi connectivity index (χ0v) is 51.6. The SMILES string of the molecule is CCn1nc(-c2ccccc2)cc(N(c2cc(F)c(F)c(F)c2)c2cc(F)c(F)c(F)c2)c1=O.CCn1nc(-c2ccccc2)cc(N(c2cccc3ncccc23)c2cccc3ncccc23)c1=O.CCn1nc(-c2ccccc2)cc(Nc2cccc3ncccc23)c1=O. The van der Waals surface area contributed by atoms with E-state index in [0.717, 1.165) is 81.9 Å². The zero-order valence-electron chi connectivity index (χ0n) is 51.6. The van der Waals surface area contributed by atoms with Gasteiger partial charge in [-0.25, -0.2) is 40.4 Å². The van der Waals surface area contributed by atoms with Crippen molar-refractivity contribution in [2.75, 3.05) is 15.1 Å². The molecule has 15 nitrogen and oxygen atoms in total. The first kappa shape index (κ1) is 63.7. The van der Waals surface area contributed by atoms with Crippen LogP contribution in [0.2, 0.25) is 0 Å². The Balaban J connectivity index is 0.000000139. The van der Waals surface area contributed by atoms with Gasteiger partial charge in [-0.2, -0.15) is 15.3 Å². The van der Waals surface area contributed by atoms with Crippen LogP contribution < -0.4 is 31.8 Å². The molecular weight excluding hydrogens is 1230 g/mol. The van der Waals surface area contributed by atoms with Crippen molar-refractivity contribution in [1.82, 2.24) is 44.3 Å². The van der Waals surface area contributed by atoms with Crippen LogP contribution in [-0.4, -0.2) is 44.3 Å². The first-order valence-electron chi connectivity index (χ1n) is 30.4. The van der Waals surface area contributed by atoms with E-state index in [1.54, 1.807) is 61.9 Å². The Labute approximate surface area is 544 Å². The minimum absolute atomic E-state index is 0.0820.